The molecule has 1 spiro atoms. The summed E-state index contributed by atoms with van der Waals surface area (Å²) in [5, 5.41) is 0. The van der Waals surface area contributed by atoms with Crippen LogP contribution in [-0.4, -0.2) is 39.2 Å². The number of primary amides is 1. The number of nitrogens with zero attached hydrogens (tertiary/aromatic N) is 3. The predicted molar refractivity (Wildman–Crippen MR) is 108 cm³/mol. The zero-order valence-corrected chi connectivity index (χ0v) is 16.0. The molecule has 1 fully saturated rings. The van der Waals surface area contributed by atoms with Crippen molar-refractivity contribution in [1.29, 1.82) is 0 Å². The molecule has 0 aliphatic carbocycles. The summed E-state index contributed by atoms with van der Waals surface area (Å²) in [7, 11) is 2.01. The zero-order valence-electron chi connectivity index (χ0n) is 16.0. The van der Waals surface area contributed by atoms with Gasteiger partial charge in [0, 0.05) is 33.0 Å². The number of ether oxygens (including phenoxy) is 1. The van der Waals surface area contributed by atoms with Crippen LogP contribution >= 0.6 is 0 Å². The molecule has 144 valence electrons. The number of carbonyl (C=O) groups excluding carboxylic acids is 1. The van der Waals surface area contributed by atoms with E-state index in [2.05, 4.69) is 41.4 Å². The molecule has 28 heavy (non-hydrogen) atoms. The number of hydrogen-bond acceptors (Lipinski definition) is 3. The van der Waals surface area contributed by atoms with E-state index in [1.807, 2.05) is 17.9 Å². The fraction of sp³-hybridized carbons (Fsp3) is 0.364. The van der Waals surface area contributed by atoms with Gasteiger partial charge in [0.15, 0.2) is 0 Å². The Hall–Kier alpha value is -3.02. The Balaban J connectivity index is 1.39. The lowest BCUT2D eigenvalue weighted by atomic mass is 9.82. The van der Waals surface area contributed by atoms with E-state index in [1.165, 1.54) is 16.7 Å². The van der Waals surface area contributed by atoms with Crippen molar-refractivity contribution >= 4 is 17.1 Å². The van der Waals surface area contributed by atoms with E-state index >= 15 is 0 Å². The first-order chi connectivity index (χ1) is 13.5. The van der Waals surface area contributed by atoms with Crippen molar-refractivity contribution in [1.82, 2.24) is 14.5 Å². The van der Waals surface area contributed by atoms with Gasteiger partial charge in [-0.1, -0.05) is 12.1 Å². The molecule has 1 aromatic heterocycles. The molecule has 1 saturated heterocycles. The molecule has 0 bridgehead atoms. The van der Waals surface area contributed by atoms with Crippen molar-refractivity contribution < 1.29 is 9.53 Å². The van der Waals surface area contributed by atoms with E-state index in [9.17, 15) is 4.79 Å². The molecule has 2 aliphatic rings. The third kappa shape index (κ3) is 2.80. The van der Waals surface area contributed by atoms with E-state index in [4.69, 9.17) is 10.5 Å². The molecule has 2 amide bonds. The fourth-order valence-electron chi connectivity index (χ4n) is 4.50. The summed E-state index contributed by atoms with van der Waals surface area (Å²) >= 11 is 0. The van der Waals surface area contributed by atoms with Gasteiger partial charge < -0.3 is 19.9 Å². The van der Waals surface area contributed by atoms with Crippen LogP contribution in [0.4, 0.5) is 4.79 Å². The van der Waals surface area contributed by atoms with Crippen LogP contribution in [0.2, 0.25) is 0 Å². The molecule has 3 aromatic rings. The lowest BCUT2D eigenvalue weighted by Gasteiger charge is -2.44. The van der Waals surface area contributed by atoms with Gasteiger partial charge in [-0.15, -0.1) is 0 Å². The smallest absolute Gasteiger partial charge is 0.314 e. The first-order valence-corrected chi connectivity index (χ1v) is 9.81. The zero-order chi connectivity index (χ0) is 19.3. The lowest BCUT2D eigenvalue weighted by molar-refractivity contribution is -0.00471. The van der Waals surface area contributed by atoms with Crippen LogP contribution in [0.1, 0.15) is 24.8 Å². The second kappa shape index (κ2) is 6.26. The first kappa shape index (κ1) is 17.1. The van der Waals surface area contributed by atoms with Crippen LogP contribution < -0.4 is 10.5 Å². The summed E-state index contributed by atoms with van der Waals surface area (Å²) in [5.74, 6) is 0.974. The van der Waals surface area contributed by atoms with Crippen molar-refractivity contribution in [3.05, 3.63) is 48.3 Å². The number of urea groups is 1. The molecule has 0 atom stereocenters. The molecule has 5 rings (SSSR count). The van der Waals surface area contributed by atoms with Gasteiger partial charge in [0.1, 0.15) is 11.4 Å². The molecule has 0 radical (unpaired) electrons. The number of aromatic nitrogens is 2. The maximum atomic E-state index is 11.4. The Morgan fingerprint density at radius 1 is 1.11 bits per heavy atom. The van der Waals surface area contributed by atoms with Crippen LogP contribution in [0, 0.1) is 0 Å². The molecular formula is C22H24N4O2. The van der Waals surface area contributed by atoms with Crippen LogP contribution in [0.5, 0.6) is 5.75 Å². The third-order valence-corrected chi connectivity index (χ3v) is 6.28. The molecule has 3 heterocycles. The van der Waals surface area contributed by atoms with Gasteiger partial charge in [-0.2, -0.15) is 0 Å². The summed E-state index contributed by atoms with van der Waals surface area (Å²) in [6.07, 6.45) is 5.50. The van der Waals surface area contributed by atoms with Gasteiger partial charge in [0.25, 0.3) is 0 Å². The summed E-state index contributed by atoms with van der Waals surface area (Å²) in [6, 6.07) is 12.5. The standard InChI is InChI=1S/C22H24N4O2/c1-25-14-24-18-13-16(2-4-19(18)25)15-3-5-20-17(12-15)6-7-22(28-20)8-10-26(11-9-22)21(23)27/h2-5,12-14H,6-11H2,1H3,(H2,23,27). The summed E-state index contributed by atoms with van der Waals surface area (Å²) in [6.45, 7) is 1.35. The van der Waals surface area contributed by atoms with Gasteiger partial charge in [0.05, 0.1) is 17.4 Å². The number of nitrogens with two attached hydrogens (primary N) is 1. The molecular weight excluding hydrogens is 352 g/mol. The van der Waals surface area contributed by atoms with E-state index in [0.717, 1.165) is 42.5 Å². The maximum absolute atomic E-state index is 11.4. The van der Waals surface area contributed by atoms with Crippen LogP contribution in [0.3, 0.4) is 0 Å². The quantitative estimate of drug-likeness (QED) is 0.707. The van der Waals surface area contributed by atoms with Crippen LogP contribution in [-0.2, 0) is 13.5 Å². The highest BCUT2D eigenvalue weighted by Gasteiger charge is 2.40. The Bertz CT molecular complexity index is 1060. The average molecular weight is 376 g/mol. The fourth-order valence-corrected chi connectivity index (χ4v) is 4.50. The number of fused-ring (bicyclic) bond motifs is 2. The highest BCUT2D eigenvalue weighted by atomic mass is 16.5. The summed E-state index contributed by atoms with van der Waals surface area (Å²) in [4.78, 5) is 17.6. The number of imidazole rings is 1. The van der Waals surface area contributed by atoms with E-state index < -0.39 is 0 Å². The Morgan fingerprint density at radius 2 is 1.86 bits per heavy atom. The van der Waals surface area contributed by atoms with Gasteiger partial charge in [-0.3, -0.25) is 0 Å². The number of benzene rings is 2. The van der Waals surface area contributed by atoms with Crippen molar-refractivity contribution in [2.45, 2.75) is 31.3 Å². The molecule has 2 aromatic carbocycles. The first-order valence-electron chi connectivity index (χ1n) is 9.81. The largest absolute Gasteiger partial charge is 0.487 e. The van der Waals surface area contributed by atoms with Crippen LogP contribution in [0.15, 0.2) is 42.7 Å². The number of amides is 2. The molecule has 6 nitrogen and oxygen atoms in total. The third-order valence-electron chi connectivity index (χ3n) is 6.28. The number of carbonyl (C=O) groups is 1. The van der Waals surface area contributed by atoms with Gasteiger partial charge in [-0.25, -0.2) is 9.78 Å². The highest BCUT2D eigenvalue weighted by Crippen LogP contribution is 2.40. The summed E-state index contributed by atoms with van der Waals surface area (Å²) < 4.78 is 8.49. The predicted octanol–water partition coefficient (Wildman–Crippen LogP) is 3.48. The minimum atomic E-state index is -0.333. The van der Waals surface area contributed by atoms with Gasteiger partial charge in [-0.05, 0) is 53.8 Å². The lowest BCUT2D eigenvalue weighted by Crippen LogP contribution is -2.52. The number of piperidine rings is 1. The Morgan fingerprint density at radius 3 is 2.64 bits per heavy atom. The minimum absolute atomic E-state index is 0.159. The molecule has 0 saturated carbocycles. The highest BCUT2D eigenvalue weighted by molar-refractivity contribution is 5.82. The van der Waals surface area contributed by atoms with E-state index in [1.54, 1.807) is 4.90 Å². The van der Waals surface area contributed by atoms with E-state index in [-0.39, 0.29) is 11.6 Å². The number of hydrogen-bond donors (Lipinski definition) is 1. The van der Waals surface area contributed by atoms with Crippen molar-refractivity contribution in [3.8, 4) is 16.9 Å². The Labute approximate surface area is 163 Å². The van der Waals surface area contributed by atoms with Crippen molar-refractivity contribution in [2.24, 2.45) is 12.8 Å². The average Bonchev–Trinajstić information content (AvgIpc) is 3.08. The second-order valence-electron chi connectivity index (χ2n) is 7.99. The SMILES string of the molecule is Cn1cnc2cc(-c3ccc4c(c3)CCC3(CCN(C(N)=O)CC3)O4)ccc21. The number of aryl methyl sites for hydroxylation is 2. The minimum Gasteiger partial charge on any atom is -0.487 e. The number of likely N-dealkylation sites (tertiary alicyclic amines) is 1. The number of rotatable bonds is 1. The normalized spacial score (nSPS) is 18.1. The Kier molecular flexibility index (Phi) is 3.82. The molecule has 2 N–H and O–H groups in total. The van der Waals surface area contributed by atoms with Gasteiger partial charge >= 0.3 is 6.03 Å². The van der Waals surface area contributed by atoms with Crippen LogP contribution in [0.25, 0.3) is 22.2 Å². The monoisotopic (exact) mass is 376 g/mol. The van der Waals surface area contributed by atoms with Crippen molar-refractivity contribution in [2.75, 3.05) is 13.1 Å². The molecule has 2 aliphatic heterocycles. The van der Waals surface area contributed by atoms with Gasteiger partial charge in [0.2, 0.25) is 0 Å². The topological polar surface area (TPSA) is 73.4 Å². The maximum Gasteiger partial charge on any atom is 0.314 e. The molecule has 0 unspecified atom stereocenters. The summed E-state index contributed by atoms with van der Waals surface area (Å²) in [5.41, 5.74) is 11.0. The van der Waals surface area contributed by atoms with Crippen molar-refractivity contribution in [3.63, 3.8) is 0 Å². The molecule has 6 heteroatoms. The second-order valence-corrected chi connectivity index (χ2v) is 7.99. The van der Waals surface area contributed by atoms with E-state index in [0.29, 0.717) is 13.1 Å².